The zero-order chi connectivity index (χ0) is 12.7. The van der Waals surface area contributed by atoms with Crippen LogP contribution < -0.4 is 0 Å². The number of nitrogens with zero attached hydrogens (tertiary/aromatic N) is 3. The number of esters is 2. The van der Waals surface area contributed by atoms with E-state index in [1.807, 2.05) is 0 Å². The van der Waals surface area contributed by atoms with Crippen LogP contribution in [0.3, 0.4) is 0 Å². The second kappa shape index (κ2) is 6.59. The van der Waals surface area contributed by atoms with Crippen molar-refractivity contribution in [1.29, 1.82) is 0 Å². The van der Waals surface area contributed by atoms with Crippen molar-refractivity contribution in [2.75, 3.05) is 27.3 Å². The van der Waals surface area contributed by atoms with E-state index < -0.39 is 11.9 Å². The van der Waals surface area contributed by atoms with Crippen LogP contribution in [0.25, 0.3) is 0 Å². The molecule has 1 rings (SSSR count). The Kier molecular flexibility index (Phi) is 5.08. The van der Waals surface area contributed by atoms with E-state index in [-0.39, 0.29) is 19.6 Å². The topological polar surface area (TPSA) is 94.8 Å². The molecule has 8 nitrogen and oxygen atoms in total. The number of aromatic nitrogens is 2. The van der Waals surface area contributed by atoms with Gasteiger partial charge in [0.05, 0.1) is 33.9 Å². The predicted molar refractivity (Wildman–Crippen MR) is 53.6 cm³/mol. The highest BCUT2D eigenvalue weighted by atomic mass is 16.5. The molecule has 8 heteroatoms. The standard InChI is InChI=1S/C9H13N3O5/c1-15-8(13)4-12(5-9(14)16-2)3-7-10-6-17-11-7/h6H,3-5H2,1-2H3. The van der Waals surface area contributed by atoms with Gasteiger partial charge < -0.3 is 14.0 Å². The average Bonchev–Trinajstić information content (AvgIpc) is 2.81. The molecular weight excluding hydrogens is 230 g/mol. The van der Waals surface area contributed by atoms with Crippen LogP contribution in [0.2, 0.25) is 0 Å². The zero-order valence-electron chi connectivity index (χ0n) is 9.58. The van der Waals surface area contributed by atoms with E-state index in [0.717, 1.165) is 0 Å². The third-order valence-corrected chi connectivity index (χ3v) is 1.93. The monoisotopic (exact) mass is 243 g/mol. The van der Waals surface area contributed by atoms with E-state index in [4.69, 9.17) is 0 Å². The number of methoxy groups -OCH3 is 2. The molecule has 0 fully saturated rings. The highest BCUT2D eigenvalue weighted by molar-refractivity contribution is 5.74. The van der Waals surface area contributed by atoms with Gasteiger partial charge in [0.25, 0.3) is 0 Å². The molecule has 0 aromatic carbocycles. The summed E-state index contributed by atoms with van der Waals surface area (Å²) in [5.41, 5.74) is 0. The fourth-order valence-electron chi connectivity index (χ4n) is 1.12. The Balaban J connectivity index is 2.58. The first-order chi connectivity index (χ1) is 8.15. The van der Waals surface area contributed by atoms with E-state index in [1.165, 1.54) is 25.5 Å². The summed E-state index contributed by atoms with van der Waals surface area (Å²) in [6, 6.07) is 0. The van der Waals surface area contributed by atoms with Crippen LogP contribution in [0, 0.1) is 0 Å². The number of ether oxygens (including phenoxy) is 2. The van der Waals surface area contributed by atoms with Crippen molar-refractivity contribution in [1.82, 2.24) is 15.0 Å². The number of hydrogen-bond acceptors (Lipinski definition) is 8. The van der Waals surface area contributed by atoms with Crippen molar-refractivity contribution in [2.45, 2.75) is 6.54 Å². The maximum atomic E-state index is 11.1. The molecule has 17 heavy (non-hydrogen) atoms. The minimum absolute atomic E-state index is 0.0554. The molecule has 0 unspecified atom stereocenters. The van der Waals surface area contributed by atoms with Gasteiger partial charge in [-0.05, 0) is 0 Å². The van der Waals surface area contributed by atoms with Gasteiger partial charge in [-0.3, -0.25) is 14.5 Å². The summed E-state index contributed by atoms with van der Waals surface area (Å²) < 4.78 is 13.6. The van der Waals surface area contributed by atoms with Crippen LogP contribution >= 0.6 is 0 Å². The van der Waals surface area contributed by atoms with Gasteiger partial charge in [-0.25, -0.2) is 0 Å². The summed E-state index contributed by atoms with van der Waals surface area (Å²) >= 11 is 0. The summed E-state index contributed by atoms with van der Waals surface area (Å²) in [6.07, 6.45) is 1.17. The molecule has 0 radical (unpaired) electrons. The Morgan fingerprint density at radius 1 is 1.29 bits per heavy atom. The van der Waals surface area contributed by atoms with Crippen LogP contribution in [0.4, 0.5) is 0 Å². The molecule has 1 aromatic rings. The van der Waals surface area contributed by atoms with Gasteiger partial charge >= 0.3 is 11.9 Å². The molecule has 0 saturated carbocycles. The summed E-state index contributed by atoms with van der Waals surface area (Å²) in [5.74, 6) is -0.549. The van der Waals surface area contributed by atoms with Crippen molar-refractivity contribution in [3.63, 3.8) is 0 Å². The minimum Gasteiger partial charge on any atom is -0.468 e. The van der Waals surface area contributed by atoms with Crippen LogP contribution in [0.5, 0.6) is 0 Å². The lowest BCUT2D eigenvalue weighted by molar-refractivity contribution is -0.145. The first-order valence-corrected chi connectivity index (χ1v) is 4.77. The van der Waals surface area contributed by atoms with E-state index >= 15 is 0 Å². The van der Waals surface area contributed by atoms with Crippen LogP contribution in [-0.4, -0.2) is 54.3 Å². The highest BCUT2D eigenvalue weighted by Crippen LogP contribution is 1.99. The molecule has 94 valence electrons. The first-order valence-electron chi connectivity index (χ1n) is 4.77. The van der Waals surface area contributed by atoms with Crippen LogP contribution in [0.15, 0.2) is 10.9 Å². The molecular formula is C9H13N3O5. The van der Waals surface area contributed by atoms with E-state index in [2.05, 4.69) is 24.1 Å². The fraction of sp³-hybridized carbons (Fsp3) is 0.556. The van der Waals surface area contributed by atoms with Crippen LogP contribution in [-0.2, 0) is 25.6 Å². The molecule has 0 amide bonds. The number of carbonyl (C=O) groups is 2. The minimum atomic E-state index is -0.461. The molecule has 0 aliphatic rings. The summed E-state index contributed by atoms with van der Waals surface area (Å²) in [4.78, 5) is 27.6. The lowest BCUT2D eigenvalue weighted by Crippen LogP contribution is -2.35. The molecule has 0 bridgehead atoms. The van der Waals surface area contributed by atoms with Gasteiger partial charge in [-0.15, -0.1) is 0 Å². The van der Waals surface area contributed by atoms with Crippen molar-refractivity contribution in [2.24, 2.45) is 0 Å². The molecule has 0 atom stereocenters. The highest BCUT2D eigenvalue weighted by Gasteiger charge is 2.17. The lowest BCUT2D eigenvalue weighted by atomic mass is 10.4. The molecule has 1 heterocycles. The average molecular weight is 243 g/mol. The Morgan fingerprint density at radius 2 is 1.88 bits per heavy atom. The molecule has 0 aliphatic heterocycles. The van der Waals surface area contributed by atoms with Gasteiger partial charge in [0.2, 0.25) is 6.39 Å². The molecule has 1 aromatic heterocycles. The van der Waals surface area contributed by atoms with Gasteiger partial charge in [-0.1, -0.05) is 5.16 Å². The van der Waals surface area contributed by atoms with Crippen molar-refractivity contribution in [3.05, 3.63) is 12.2 Å². The van der Waals surface area contributed by atoms with Crippen LogP contribution in [0.1, 0.15) is 5.82 Å². The Bertz CT molecular complexity index is 347. The van der Waals surface area contributed by atoms with Crippen molar-refractivity contribution in [3.8, 4) is 0 Å². The zero-order valence-corrected chi connectivity index (χ0v) is 9.58. The first kappa shape index (κ1) is 13.1. The normalized spacial score (nSPS) is 10.3. The second-order valence-corrected chi connectivity index (χ2v) is 3.14. The third-order valence-electron chi connectivity index (χ3n) is 1.93. The van der Waals surface area contributed by atoms with Gasteiger partial charge in [0.15, 0.2) is 5.82 Å². The number of carbonyl (C=O) groups excluding carboxylic acids is 2. The number of rotatable bonds is 6. The summed E-state index contributed by atoms with van der Waals surface area (Å²) in [5, 5.41) is 3.59. The Hall–Kier alpha value is -1.96. The summed E-state index contributed by atoms with van der Waals surface area (Å²) in [6.45, 7) is 0.0843. The molecule has 0 aliphatic carbocycles. The molecule has 0 spiro atoms. The molecule has 0 N–H and O–H groups in total. The Labute approximate surface area is 97.5 Å². The Morgan fingerprint density at radius 3 is 2.29 bits per heavy atom. The van der Waals surface area contributed by atoms with Crippen molar-refractivity contribution >= 4 is 11.9 Å². The van der Waals surface area contributed by atoms with E-state index in [0.29, 0.717) is 5.82 Å². The van der Waals surface area contributed by atoms with E-state index in [1.54, 1.807) is 0 Å². The van der Waals surface area contributed by atoms with Gasteiger partial charge in [-0.2, -0.15) is 4.98 Å². The largest absolute Gasteiger partial charge is 0.468 e. The predicted octanol–water partition coefficient (Wildman–Crippen LogP) is -0.782. The summed E-state index contributed by atoms with van der Waals surface area (Å²) in [7, 11) is 2.54. The maximum absolute atomic E-state index is 11.1. The smallest absolute Gasteiger partial charge is 0.319 e. The molecule has 0 saturated heterocycles. The maximum Gasteiger partial charge on any atom is 0.319 e. The SMILES string of the molecule is COC(=O)CN(CC(=O)OC)Cc1ncon1. The van der Waals surface area contributed by atoms with Gasteiger partial charge in [0.1, 0.15) is 0 Å². The third kappa shape index (κ3) is 4.60. The number of hydrogen-bond donors (Lipinski definition) is 0. The van der Waals surface area contributed by atoms with E-state index in [9.17, 15) is 9.59 Å². The van der Waals surface area contributed by atoms with Gasteiger partial charge in [0, 0.05) is 0 Å². The quantitative estimate of drug-likeness (QED) is 0.600. The fourth-order valence-corrected chi connectivity index (χ4v) is 1.12. The van der Waals surface area contributed by atoms with Crippen molar-refractivity contribution < 1.29 is 23.6 Å². The second-order valence-electron chi connectivity index (χ2n) is 3.14. The lowest BCUT2D eigenvalue weighted by Gasteiger charge is -2.17.